The van der Waals surface area contributed by atoms with Crippen LogP contribution in [0.3, 0.4) is 0 Å². The van der Waals surface area contributed by atoms with Gasteiger partial charge in [-0.05, 0) is 0 Å². The molecule has 0 saturated carbocycles. The Balaban J connectivity index is 0. The van der Waals surface area contributed by atoms with Gasteiger partial charge in [-0.1, -0.05) is 13.2 Å². The predicted molar refractivity (Wildman–Crippen MR) is 56.2 cm³/mol. The maximum atomic E-state index is 10.7. The molecular formula is C6H11NaO5S2. The minimum atomic E-state index is -3.51. The first-order valence-corrected chi connectivity index (χ1v) is 6.54. The molecule has 0 amide bonds. The Morgan fingerprint density at radius 3 is 1.43 bits per heavy atom. The quantitative estimate of drug-likeness (QED) is 0.587. The standard InChI is InChI=1S/C6H10O5S2.Na.H/c1-3-12(7,8)5-11-6-13(9,10)4-2;;/h3-4H,1-2,5-6H2;;. The molecule has 0 spiro atoms. The van der Waals surface area contributed by atoms with Crippen LogP contribution in [0.1, 0.15) is 0 Å². The molecule has 0 radical (unpaired) electrons. The van der Waals surface area contributed by atoms with E-state index in [1.807, 2.05) is 0 Å². The van der Waals surface area contributed by atoms with Crippen molar-refractivity contribution in [3.8, 4) is 0 Å². The van der Waals surface area contributed by atoms with Gasteiger partial charge in [-0.25, -0.2) is 16.8 Å². The number of hydrogen-bond acceptors (Lipinski definition) is 5. The third-order valence-electron chi connectivity index (χ3n) is 1.00. The van der Waals surface area contributed by atoms with Crippen molar-refractivity contribution >= 4 is 49.2 Å². The summed E-state index contributed by atoms with van der Waals surface area (Å²) in [5, 5.41) is 1.40. The van der Waals surface area contributed by atoms with Crippen LogP contribution in [0.25, 0.3) is 0 Å². The van der Waals surface area contributed by atoms with Crippen molar-refractivity contribution in [1.29, 1.82) is 0 Å². The SMILES string of the molecule is C=CS(=O)(=O)COCS(=O)(=O)C=C.[NaH]. The van der Waals surface area contributed by atoms with Gasteiger partial charge in [0.15, 0.2) is 31.6 Å². The Morgan fingerprint density at radius 1 is 0.929 bits per heavy atom. The van der Waals surface area contributed by atoms with Crippen LogP contribution in [0.4, 0.5) is 0 Å². The van der Waals surface area contributed by atoms with Crippen molar-refractivity contribution in [2.24, 2.45) is 0 Å². The van der Waals surface area contributed by atoms with E-state index in [9.17, 15) is 16.8 Å². The number of sulfone groups is 2. The average Bonchev–Trinajstić information content (AvgIpc) is 2.04. The van der Waals surface area contributed by atoms with Gasteiger partial charge >= 0.3 is 29.6 Å². The third kappa shape index (κ3) is 7.72. The number of hydrogen-bond donors (Lipinski definition) is 0. The molecule has 0 heterocycles. The Morgan fingerprint density at radius 2 is 1.21 bits per heavy atom. The average molecular weight is 250 g/mol. The summed E-state index contributed by atoms with van der Waals surface area (Å²) in [4.78, 5) is 0. The summed E-state index contributed by atoms with van der Waals surface area (Å²) >= 11 is 0. The van der Waals surface area contributed by atoms with Gasteiger partial charge < -0.3 is 4.74 Å². The first-order valence-electron chi connectivity index (χ1n) is 3.11. The Hall–Kier alpha value is 0.340. The first-order chi connectivity index (χ1) is 5.83. The summed E-state index contributed by atoms with van der Waals surface area (Å²) in [5.74, 6) is -1.38. The van der Waals surface area contributed by atoms with Crippen molar-refractivity contribution in [1.82, 2.24) is 0 Å². The van der Waals surface area contributed by atoms with Gasteiger partial charge in [-0.15, -0.1) is 0 Å². The van der Waals surface area contributed by atoms with E-state index < -0.39 is 31.6 Å². The zero-order chi connectivity index (χ0) is 10.5. The summed E-state index contributed by atoms with van der Waals surface area (Å²) in [6.07, 6.45) is 0. The normalized spacial score (nSPS) is 11.4. The van der Waals surface area contributed by atoms with Gasteiger partial charge in [0.1, 0.15) is 0 Å². The molecule has 0 aliphatic rings. The molecule has 0 N–H and O–H groups in total. The molecule has 0 unspecified atom stereocenters. The molecule has 0 saturated heterocycles. The molecule has 78 valence electrons. The molecule has 0 fully saturated rings. The van der Waals surface area contributed by atoms with E-state index in [1.165, 1.54) is 0 Å². The van der Waals surface area contributed by atoms with Crippen molar-refractivity contribution in [3.63, 3.8) is 0 Å². The van der Waals surface area contributed by atoms with Crippen LogP contribution in [-0.4, -0.2) is 58.3 Å². The number of ether oxygens (including phenoxy) is 1. The molecule has 14 heavy (non-hydrogen) atoms. The summed E-state index contributed by atoms with van der Waals surface area (Å²) in [6.45, 7) is 6.06. The van der Waals surface area contributed by atoms with E-state index in [4.69, 9.17) is 0 Å². The van der Waals surface area contributed by atoms with Crippen LogP contribution >= 0.6 is 0 Å². The van der Waals surface area contributed by atoms with E-state index >= 15 is 0 Å². The fourth-order valence-electron chi connectivity index (χ4n) is 0.363. The molecule has 0 aromatic rings. The summed E-state index contributed by atoms with van der Waals surface area (Å²) in [7, 11) is -7.01. The van der Waals surface area contributed by atoms with Gasteiger partial charge in [-0.2, -0.15) is 0 Å². The van der Waals surface area contributed by atoms with Gasteiger partial charge in [0, 0.05) is 10.8 Å². The third-order valence-corrected chi connectivity index (χ3v) is 3.01. The molecule has 0 aliphatic heterocycles. The number of rotatable bonds is 6. The summed E-state index contributed by atoms with van der Waals surface area (Å²) in [6, 6.07) is 0. The Bertz CT molecular complexity index is 342. The van der Waals surface area contributed by atoms with Gasteiger partial charge in [0.25, 0.3) is 0 Å². The van der Waals surface area contributed by atoms with Crippen molar-refractivity contribution in [2.75, 3.05) is 11.9 Å². The van der Waals surface area contributed by atoms with E-state index in [-0.39, 0.29) is 29.6 Å². The summed E-state index contributed by atoms with van der Waals surface area (Å²) < 4.78 is 47.3. The molecular weight excluding hydrogens is 239 g/mol. The van der Waals surface area contributed by atoms with E-state index in [1.54, 1.807) is 0 Å². The topological polar surface area (TPSA) is 77.5 Å². The van der Waals surface area contributed by atoms with Crippen LogP contribution < -0.4 is 0 Å². The van der Waals surface area contributed by atoms with Gasteiger partial charge in [-0.3, -0.25) is 0 Å². The second-order valence-corrected chi connectivity index (χ2v) is 5.89. The molecule has 0 aromatic carbocycles. The predicted octanol–water partition coefficient (Wildman–Crippen LogP) is -0.614. The fourth-order valence-corrected chi connectivity index (χ4v) is 1.29. The molecule has 0 bridgehead atoms. The second-order valence-electron chi connectivity index (χ2n) is 2.10. The van der Waals surface area contributed by atoms with E-state index in [0.717, 1.165) is 0 Å². The molecule has 8 heteroatoms. The van der Waals surface area contributed by atoms with Gasteiger partial charge in [0.2, 0.25) is 0 Å². The van der Waals surface area contributed by atoms with Crippen LogP contribution in [0.15, 0.2) is 24.0 Å². The second kappa shape index (κ2) is 6.76. The molecule has 0 rings (SSSR count). The first kappa shape index (κ1) is 16.8. The van der Waals surface area contributed by atoms with E-state index in [2.05, 4.69) is 17.9 Å². The van der Waals surface area contributed by atoms with Crippen molar-refractivity contribution in [2.45, 2.75) is 0 Å². The zero-order valence-electron chi connectivity index (χ0n) is 6.84. The maximum absolute atomic E-state index is 10.7. The Kier molecular flexibility index (Phi) is 8.09. The Labute approximate surface area is 106 Å². The zero-order valence-corrected chi connectivity index (χ0v) is 8.47. The van der Waals surface area contributed by atoms with Crippen LogP contribution in [0.2, 0.25) is 0 Å². The van der Waals surface area contributed by atoms with E-state index in [0.29, 0.717) is 10.8 Å². The molecule has 0 atom stereocenters. The molecule has 0 aliphatic carbocycles. The fraction of sp³-hybridized carbons (Fsp3) is 0.333. The molecule has 0 aromatic heterocycles. The van der Waals surface area contributed by atoms with Crippen molar-refractivity contribution in [3.05, 3.63) is 24.0 Å². The van der Waals surface area contributed by atoms with Crippen LogP contribution in [0, 0.1) is 0 Å². The monoisotopic (exact) mass is 250 g/mol. The van der Waals surface area contributed by atoms with Crippen LogP contribution in [-0.2, 0) is 24.4 Å². The van der Waals surface area contributed by atoms with Crippen molar-refractivity contribution < 1.29 is 21.6 Å². The van der Waals surface area contributed by atoms with Crippen LogP contribution in [0.5, 0.6) is 0 Å². The molecule has 5 nitrogen and oxygen atoms in total. The summed E-state index contributed by atoms with van der Waals surface area (Å²) in [5.41, 5.74) is 0. The van der Waals surface area contributed by atoms with Gasteiger partial charge in [0.05, 0.1) is 0 Å². The minimum absolute atomic E-state index is 0.